The van der Waals surface area contributed by atoms with Crippen LogP contribution < -0.4 is 17.4 Å². The van der Waals surface area contributed by atoms with Gasteiger partial charge in [0.05, 0.1) is 19.3 Å². The predicted octanol–water partition coefficient (Wildman–Crippen LogP) is 2.91. The fraction of sp³-hybridized carbons (Fsp3) is 0.348. The first-order valence-corrected chi connectivity index (χ1v) is 10.3. The zero-order chi connectivity index (χ0) is 25.0. The van der Waals surface area contributed by atoms with Gasteiger partial charge in [0.25, 0.3) is 0 Å². The van der Waals surface area contributed by atoms with Crippen LogP contribution in [0.4, 0.5) is 14.6 Å². The number of carbonyl (C=O) groups excluding carboxylic acids is 1. The number of aromatic nitrogens is 1. The van der Waals surface area contributed by atoms with Crippen molar-refractivity contribution >= 4 is 23.1 Å². The standard InChI is InChI=1S/C22H30FN7O.CH3F/c1-4-5-6-18(23)9-12-30(26)21(28-25)19-13-17(14-27-20(19)24)16-7-10-29(11-8-16)22(31)15(2)3;1-2/h4-7,9,13-15H,1,8,10-12,25-26H2,2-3H3,(H2,24,27);1H3/b6-5-,18-9+,28-21-;. The van der Waals surface area contributed by atoms with E-state index in [9.17, 15) is 13.6 Å². The van der Waals surface area contributed by atoms with E-state index in [0.29, 0.717) is 32.3 Å². The van der Waals surface area contributed by atoms with Gasteiger partial charge < -0.3 is 16.5 Å². The number of amides is 1. The van der Waals surface area contributed by atoms with Gasteiger partial charge in [-0.15, -0.1) is 0 Å². The number of nitrogen functional groups attached to an aromatic ring is 1. The largest absolute Gasteiger partial charge is 0.383 e. The molecule has 0 saturated carbocycles. The van der Waals surface area contributed by atoms with Gasteiger partial charge in [0.2, 0.25) is 5.91 Å². The minimum Gasteiger partial charge on any atom is -0.383 e. The van der Waals surface area contributed by atoms with Crippen LogP contribution in [0.15, 0.2) is 60.2 Å². The van der Waals surface area contributed by atoms with Gasteiger partial charge in [0.15, 0.2) is 5.84 Å². The van der Waals surface area contributed by atoms with E-state index < -0.39 is 5.83 Å². The third kappa shape index (κ3) is 7.83. The van der Waals surface area contributed by atoms with E-state index in [2.05, 4.69) is 16.7 Å². The molecule has 6 N–H and O–H groups in total. The quantitative estimate of drug-likeness (QED) is 0.188. The van der Waals surface area contributed by atoms with E-state index in [0.717, 1.165) is 11.1 Å². The molecule has 33 heavy (non-hydrogen) atoms. The lowest BCUT2D eigenvalue weighted by atomic mass is 9.98. The van der Waals surface area contributed by atoms with Crippen molar-refractivity contribution in [3.63, 3.8) is 0 Å². The zero-order valence-electron chi connectivity index (χ0n) is 19.3. The molecule has 1 aliphatic heterocycles. The Morgan fingerprint density at radius 1 is 1.42 bits per heavy atom. The molecular weight excluding hydrogens is 428 g/mol. The lowest BCUT2D eigenvalue weighted by molar-refractivity contribution is -0.134. The minimum atomic E-state index is -0.473. The number of amidine groups is 1. The summed E-state index contributed by atoms with van der Waals surface area (Å²) in [6.07, 6.45) is 9.85. The topological polar surface area (TPSA) is 127 Å². The van der Waals surface area contributed by atoms with Gasteiger partial charge in [-0.1, -0.05) is 38.7 Å². The van der Waals surface area contributed by atoms with Crippen LogP contribution in [-0.2, 0) is 4.79 Å². The fourth-order valence-electron chi connectivity index (χ4n) is 3.13. The first-order chi connectivity index (χ1) is 15.8. The fourth-order valence-corrected chi connectivity index (χ4v) is 3.13. The number of halogens is 2. The second-order valence-corrected chi connectivity index (χ2v) is 7.36. The van der Waals surface area contributed by atoms with Crippen LogP contribution >= 0.6 is 0 Å². The molecule has 0 bridgehead atoms. The molecule has 1 amide bonds. The first-order valence-electron chi connectivity index (χ1n) is 10.3. The van der Waals surface area contributed by atoms with E-state index in [1.807, 2.05) is 24.8 Å². The van der Waals surface area contributed by atoms with Crippen molar-refractivity contribution < 1.29 is 13.6 Å². The van der Waals surface area contributed by atoms with E-state index in [4.69, 9.17) is 17.4 Å². The predicted molar refractivity (Wildman–Crippen MR) is 130 cm³/mol. The van der Waals surface area contributed by atoms with Crippen LogP contribution in [0.2, 0.25) is 0 Å². The smallest absolute Gasteiger partial charge is 0.225 e. The lowest BCUT2D eigenvalue weighted by Crippen LogP contribution is -2.39. The molecule has 2 rings (SSSR count). The van der Waals surface area contributed by atoms with Crippen molar-refractivity contribution in [1.29, 1.82) is 0 Å². The summed E-state index contributed by atoms with van der Waals surface area (Å²) in [5.41, 5.74) is 8.36. The average Bonchev–Trinajstić information content (AvgIpc) is 2.83. The van der Waals surface area contributed by atoms with Crippen molar-refractivity contribution in [1.82, 2.24) is 14.9 Å². The van der Waals surface area contributed by atoms with Crippen LogP contribution in [0.25, 0.3) is 5.57 Å². The number of carbonyl (C=O) groups is 1. The Bertz CT molecular complexity index is 939. The van der Waals surface area contributed by atoms with Crippen LogP contribution in [0, 0.1) is 5.92 Å². The second-order valence-electron chi connectivity index (χ2n) is 7.36. The molecule has 10 heteroatoms. The third-order valence-corrected chi connectivity index (χ3v) is 4.81. The maximum atomic E-state index is 13.7. The summed E-state index contributed by atoms with van der Waals surface area (Å²) < 4.78 is 23.2. The molecule has 1 aromatic heterocycles. The molecule has 1 aromatic rings. The van der Waals surface area contributed by atoms with Gasteiger partial charge in [-0.05, 0) is 35.8 Å². The molecule has 0 fully saturated rings. The highest BCUT2D eigenvalue weighted by atomic mass is 19.1. The number of rotatable bonds is 7. The van der Waals surface area contributed by atoms with E-state index in [-0.39, 0.29) is 30.0 Å². The van der Waals surface area contributed by atoms with Crippen LogP contribution in [0.5, 0.6) is 0 Å². The molecule has 0 aliphatic carbocycles. The summed E-state index contributed by atoms with van der Waals surface area (Å²) in [6.45, 7) is 8.45. The zero-order valence-corrected chi connectivity index (χ0v) is 19.3. The molecule has 2 heterocycles. The second kappa shape index (κ2) is 13.8. The van der Waals surface area contributed by atoms with E-state index in [1.165, 1.54) is 29.3 Å². The van der Waals surface area contributed by atoms with Gasteiger partial charge in [-0.3, -0.25) is 14.2 Å². The van der Waals surface area contributed by atoms with Gasteiger partial charge in [0.1, 0.15) is 11.6 Å². The Kier molecular flexibility index (Phi) is 11.5. The van der Waals surface area contributed by atoms with Gasteiger partial charge in [-0.2, -0.15) is 5.10 Å². The molecule has 0 spiro atoms. The molecular formula is C23H33F2N7O. The van der Waals surface area contributed by atoms with Gasteiger partial charge >= 0.3 is 0 Å². The molecule has 8 nitrogen and oxygen atoms in total. The highest BCUT2D eigenvalue weighted by Crippen LogP contribution is 2.25. The molecule has 0 radical (unpaired) electrons. The number of hydrogen-bond acceptors (Lipinski definition) is 6. The molecule has 180 valence electrons. The van der Waals surface area contributed by atoms with Crippen LogP contribution in [-0.4, -0.2) is 53.4 Å². The van der Waals surface area contributed by atoms with Crippen molar-refractivity contribution in [2.75, 3.05) is 32.5 Å². The number of allylic oxidation sites excluding steroid dienone is 4. The Morgan fingerprint density at radius 2 is 2.12 bits per heavy atom. The summed E-state index contributed by atoms with van der Waals surface area (Å²) in [4.78, 5) is 18.3. The van der Waals surface area contributed by atoms with E-state index >= 15 is 0 Å². The number of nitrogens with zero attached hydrogens (tertiary/aromatic N) is 4. The summed E-state index contributed by atoms with van der Waals surface area (Å²) in [5.74, 6) is 11.6. The van der Waals surface area contributed by atoms with Gasteiger partial charge in [-0.25, -0.2) is 15.2 Å². The Hall–Kier alpha value is -3.53. The number of pyridine rings is 1. The maximum absolute atomic E-state index is 13.7. The maximum Gasteiger partial charge on any atom is 0.225 e. The van der Waals surface area contributed by atoms with E-state index in [1.54, 1.807) is 12.3 Å². The number of alkyl halides is 1. The monoisotopic (exact) mass is 461 g/mol. The van der Waals surface area contributed by atoms with Crippen molar-refractivity contribution in [3.05, 3.63) is 66.2 Å². The average molecular weight is 462 g/mol. The number of hydrazone groups is 1. The highest BCUT2D eigenvalue weighted by Gasteiger charge is 2.21. The summed E-state index contributed by atoms with van der Waals surface area (Å²) in [7, 11) is 0.500. The Labute approximate surface area is 193 Å². The highest BCUT2D eigenvalue weighted by molar-refractivity contribution is 6.02. The van der Waals surface area contributed by atoms with Crippen molar-refractivity contribution in [3.8, 4) is 0 Å². The molecule has 0 aromatic carbocycles. The number of hydrazine groups is 1. The van der Waals surface area contributed by atoms with Gasteiger partial charge in [0, 0.05) is 25.2 Å². The Balaban J connectivity index is 0.00000265. The summed E-state index contributed by atoms with van der Waals surface area (Å²) >= 11 is 0. The molecule has 1 aliphatic rings. The summed E-state index contributed by atoms with van der Waals surface area (Å²) in [5, 5.41) is 4.93. The molecule has 0 saturated heterocycles. The SMILES string of the molecule is C=C/C=C\C(F)=C/CN(N)/C(=N\N)c1cc(C2=CCN(C(=O)C(C)C)CC2)cnc1N.CF. The number of nitrogens with two attached hydrogens (primary N) is 3. The number of hydrogen-bond donors (Lipinski definition) is 3. The first kappa shape index (κ1) is 27.5. The number of anilines is 1. The Morgan fingerprint density at radius 3 is 2.67 bits per heavy atom. The lowest BCUT2D eigenvalue weighted by Gasteiger charge is -2.28. The van der Waals surface area contributed by atoms with Crippen molar-refractivity contribution in [2.24, 2.45) is 22.7 Å². The molecule has 0 atom stereocenters. The third-order valence-electron chi connectivity index (χ3n) is 4.81. The normalized spacial score (nSPS) is 14.6. The van der Waals surface area contributed by atoms with Crippen LogP contribution in [0.3, 0.4) is 0 Å². The van der Waals surface area contributed by atoms with Crippen LogP contribution in [0.1, 0.15) is 31.4 Å². The van der Waals surface area contributed by atoms with Crippen molar-refractivity contribution in [2.45, 2.75) is 20.3 Å². The molecule has 0 unspecified atom stereocenters. The summed E-state index contributed by atoms with van der Waals surface area (Å²) in [6, 6.07) is 1.80. The minimum absolute atomic E-state index is 0.0159.